The van der Waals surface area contributed by atoms with E-state index in [1.54, 1.807) is 22.1 Å². The maximum Gasteiger partial charge on any atom is 0.418 e. The molecule has 0 saturated heterocycles. The van der Waals surface area contributed by atoms with Crippen molar-refractivity contribution in [3.8, 4) is 0 Å². The highest BCUT2D eigenvalue weighted by Gasteiger charge is 2.39. The molecular weight excluding hydrogens is 263 g/mol. The molecule has 0 aliphatic carbocycles. The highest BCUT2D eigenvalue weighted by atomic mass is 32.1. The third kappa shape index (κ3) is 3.14. The first-order valence-corrected chi connectivity index (χ1v) is 6.32. The molecule has 2 nitrogen and oxygen atoms in total. The van der Waals surface area contributed by atoms with Crippen molar-refractivity contribution < 1.29 is 18.3 Å². The first-order chi connectivity index (χ1) is 8.47. The van der Waals surface area contributed by atoms with Crippen LogP contribution < -0.4 is 0 Å². The minimum absolute atomic E-state index is 0.118. The Morgan fingerprint density at radius 1 is 1.33 bits per heavy atom. The van der Waals surface area contributed by atoms with Gasteiger partial charge in [-0.05, 0) is 34.9 Å². The maximum atomic E-state index is 12.3. The van der Waals surface area contributed by atoms with Crippen molar-refractivity contribution in [1.82, 2.24) is 4.57 Å². The quantitative estimate of drug-likeness (QED) is 0.909. The normalized spacial score (nSPS) is 13.8. The number of aromatic nitrogens is 1. The molecule has 0 fully saturated rings. The molecule has 2 rings (SSSR count). The first-order valence-electron chi connectivity index (χ1n) is 5.38. The van der Waals surface area contributed by atoms with E-state index >= 15 is 0 Å². The van der Waals surface area contributed by atoms with Crippen LogP contribution in [0.3, 0.4) is 0 Å². The number of thiophene rings is 1. The summed E-state index contributed by atoms with van der Waals surface area (Å²) in [5, 5.41) is 13.1. The van der Waals surface area contributed by atoms with Crippen LogP contribution in [0, 0.1) is 0 Å². The lowest BCUT2D eigenvalue weighted by atomic mass is 10.2. The molecule has 0 aliphatic rings. The molecule has 1 atom stereocenters. The Labute approximate surface area is 106 Å². The Balaban J connectivity index is 1.98. The van der Waals surface area contributed by atoms with E-state index in [-0.39, 0.29) is 5.56 Å². The third-order valence-electron chi connectivity index (χ3n) is 2.64. The number of aryl methyl sites for hydroxylation is 2. The predicted molar refractivity (Wildman–Crippen MR) is 63.5 cm³/mol. The summed E-state index contributed by atoms with van der Waals surface area (Å²) >= 11 is 1.59. The molecule has 0 spiro atoms. The summed E-state index contributed by atoms with van der Waals surface area (Å²) < 4.78 is 38.5. The molecule has 2 aromatic rings. The van der Waals surface area contributed by atoms with Crippen molar-refractivity contribution in [3.63, 3.8) is 0 Å². The molecule has 0 aromatic carbocycles. The van der Waals surface area contributed by atoms with Crippen LogP contribution in [0.1, 0.15) is 17.2 Å². The van der Waals surface area contributed by atoms with E-state index in [0.29, 0.717) is 6.54 Å². The summed E-state index contributed by atoms with van der Waals surface area (Å²) in [6, 6.07) is 3.28. The van der Waals surface area contributed by atoms with E-state index < -0.39 is 12.3 Å². The minimum atomic E-state index is -4.61. The molecule has 6 heteroatoms. The van der Waals surface area contributed by atoms with Gasteiger partial charge in [0.05, 0.1) is 0 Å². The van der Waals surface area contributed by atoms with E-state index in [2.05, 4.69) is 0 Å². The van der Waals surface area contributed by atoms with Gasteiger partial charge in [0.25, 0.3) is 0 Å². The van der Waals surface area contributed by atoms with Gasteiger partial charge in [0.2, 0.25) is 0 Å². The van der Waals surface area contributed by atoms with E-state index in [0.717, 1.165) is 12.0 Å². The fourth-order valence-corrected chi connectivity index (χ4v) is 2.35. The molecule has 0 amide bonds. The number of nitrogens with zero attached hydrogens (tertiary/aromatic N) is 1. The van der Waals surface area contributed by atoms with Crippen molar-refractivity contribution in [3.05, 3.63) is 46.4 Å². The number of aliphatic hydroxyl groups excluding tert-OH is 1. The SMILES string of the molecule is OC(c1ccn(CCc2ccsc2)c1)C(F)(F)F. The summed E-state index contributed by atoms with van der Waals surface area (Å²) in [5.41, 5.74) is 1.04. The average molecular weight is 275 g/mol. The molecule has 1 unspecified atom stereocenters. The summed E-state index contributed by atoms with van der Waals surface area (Å²) in [6.07, 6.45) is -3.36. The maximum absolute atomic E-state index is 12.3. The second-order valence-corrected chi connectivity index (χ2v) is 4.79. The molecular formula is C12H12F3NOS. The lowest BCUT2D eigenvalue weighted by Gasteiger charge is -2.12. The first kappa shape index (κ1) is 13.2. The zero-order valence-electron chi connectivity index (χ0n) is 9.39. The van der Waals surface area contributed by atoms with Crippen LogP contribution >= 0.6 is 11.3 Å². The van der Waals surface area contributed by atoms with Gasteiger partial charge in [-0.25, -0.2) is 0 Å². The topological polar surface area (TPSA) is 25.2 Å². The van der Waals surface area contributed by atoms with Crippen LogP contribution in [0.5, 0.6) is 0 Å². The van der Waals surface area contributed by atoms with E-state index in [1.807, 2.05) is 16.8 Å². The summed E-state index contributed by atoms with van der Waals surface area (Å²) in [7, 11) is 0. The van der Waals surface area contributed by atoms with Gasteiger partial charge in [-0.3, -0.25) is 0 Å². The van der Waals surface area contributed by atoms with Gasteiger partial charge in [-0.1, -0.05) is 0 Å². The monoisotopic (exact) mass is 275 g/mol. The lowest BCUT2D eigenvalue weighted by Crippen LogP contribution is -2.19. The van der Waals surface area contributed by atoms with Crippen molar-refractivity contribution >= 4 is 11.3 Å². The lowest BCUT2D eigenvalue weighted by molar-refractivity contribution is -0.206. The number of halogens is 3. The van der Waals surface area contributed by atoms with Crippen molar-refractivity contribution in [2.24, 2.45) is 0 Å². The molecule has 98 valence electrons. The molecule has 0 radical (unpaired) electrons. The highest BCUT2D eigenvalue weighted by Crippen LogP contribution is 2.32. The fourth-order valence-electron chi connectivity index (χ4n) is 1.64. The largest absolute Gasteiger partial charge is 0.418 e. The van der Waals surface area contributed by atoms with Crippen LogP contribution in [-0.4, -0.2) is 15.8 Å². The zero-order chi connectivity index (χ0) is 13.2. The molecule has 0 bridgehead atoms. The standard InChI is InChI=1S/C12H12F3NOS/c13-12(14,15)11(17)10-2-5-16(7-10)4-1-9-3-6-18-8-9/h2-3,5-8,11,17H,1,4H2. The number of aliphatic hydroxyl groups is 1. The van der Waals surface area contributed by atoms with Crippen LogP contribution in [0.2, 0.25) is 0 Å². The van der Waals surface area contributed by atoms with Gasteiger partial charge < -0.3 is 9.67 Å². The number of hydrogen-bond donors (Lipinski definition) is 1. The third-order valence-corrected chi connectivity index (χ3v) is 3.37. The fraction of sp³-hybridized carbons (Fsp3) is 0.333. The summed E-state index contributed by atoms with van der Waals surface area (Å²) in [4.78, 5) is 0. The molecule has 0 aliphatic heterocycles. The molecule has 1 N–H and O–H groups in total. The number of rotatable bonds is 4. The van der Waals surface area contributed by atoms with Crippen LogP contribution in [-0.2, 0) is 13.0 Å². The van der Waals surface area contributed by atoms with Crippen LogP contribution in [0.25, 0.3) is 0 Å². The highest BCUT2D eigenvalue weighted by molar-refractivity contribution is 7.07. The second-order valence-electron chi connectivity index (χ2n) is 4.01. The van der Waals surface area contributed by atoms with Gasteiger partial charge >= 0.3 is 6.18 Å². The van der Waals surface area contributed by atoms with E-state index in [9.17, 15) is 13.2 Å². The summed E-state index contributed by atoms with van der Waals surface area (Å²) in [5.74, 6) is 0. The Morgan fingerprint density at radius 3 is 2.72 bits per heavy atom. The minimum Gasteiger partial charge on any atom is -0.379 e. The van der Waals surface area contributed by atoms with Gasteiger partial charge in [0, 0.05) is 24.5 Å². The number of alkyl halides is 3. The second kappa shape index (κ2) is 5.16. The van der Waals surface area contributed by atoms with Crippen molar-refractivity contribution in [2.75, 3.05) is 0 Å². The van der Waals surface area contributed by atoms with Crippen molar-refractivity contribution in [2.45, 2.75) is 25.2 Å². The molecule has 2 aromatic heterocycles. The van der Waals surface area contributed by atoms with Gasteiger partial charge in [-0.2, -0.15) is 24.5 Å². The van der Waals surface area contributed by atoms with Gasteiger partial charge in [-0.15, -0.1) is 0 Å². The van der Waals surface area contributed by atoms with Gasteiger partial charge in [0.15, 0.2) is 6.10 Å². The van der Waals surface area contributed by atoms with Crippen molar-refractivity contribution in [1.29, 1.82) is 0 Å². The van der Waals surface area contributed by atoms with Crippen LogP contribution in [0.4, 0.5) is 13.2 Å². The van der Waals surface area contributed by atoms with E-state index in [1.165, 1.54) is 12.3 Å². The predicted octanol–water partition coefficient (Wildman–Crippen LogP) is 3.39. The Morgan fingerprint density at radius 2 is 2.11 bits per heavy atom. The average Bonchev–Trinajstić information content (AvgIpc) is 2.95. The Hall–Kier alpha value is -1.27. The molecule has 0 saturated carbocycles. The van der Waals surface area contributed by atoms with Crippen LogP contribution in [0.15, 0.2) is 35.3 Å². The molecule has 18 heavy (non-hydrogen) atoms. The Kier molecular flexibility index (Phi) is 3.77. The number of hydrogen-bond acceptors (Lipinski definition) is 2. The zero-order valence-corrected chi connectivity index (χ0v) is 10.2. The van der Waals surface area contributed by atoms with E-state index in [4.69, 9.17) is 5.11 Å². The molecule has 2 heterocycles. The summed E-state index contributed by atoms with van der Waals surface area (Å²) in [6.45, 7) is 0.599. The smallest absolute Gasteiger partial charge is 0.379 e. The van der Waals surface area contributed by atoms with Gasteiger partial charge in [0.1, 0.15) is 0 Å². The Bertz CT molecular complexity index is 490.